The lowest BCUT2D eigenvalue weighted by Crippen LogP contribution is -2.37. The summed E-state index contributed by atoms with van der Waals surface area (Å²) in [6.07, 6.45) is 21.9. The van der Waals surface area contributed by atoms with Crippen molar-refractivity contribution < 1.29 is 43.2 Å². The Bertz CT molecular complexity index is 3230. The molecule has 584 valence electrons. The Balaban J connectivity index is 0.000000616. The highest BCUT2D eigenvalue weighted by atomic mass is 16.2. The smallest absolute Gasteiger partial charge is 0.220 e. The van der Waals surface area contributed by atoms with E-state index in [1.165, 1.54) is 20.3 Å². The Morgan fingerprint density at radius 1 is 0.433 bits per heavy atom. The molecule has 2 aromatic carbocycles. The molecule has 2 aromatic heterocycles. The molecule has 104 heavy (non-hydrogen) atoms. The number of aromatic amines is 2. The Morgan fingerprint density at radius 3 is 1.35 bits per heavy atom. The van der Waals surface area contributed by atoms with Crippen molar-refractivity contribution >= 4 is 86.3 Å². The number of H-pyrrole nitrogens is 2. The van der Waals surface area contributed by atoms with Crippen molar-refractivity contribution in [2.75, 3.05) is 19.6 Å². The molecule has 22 nitrogen and oxygen atoms in total. The van der Waals surface area contributed by atoms with Crippen LogP contribution in [0.3, 0.4) is 0 Å². The van der Waals surface area contributed by atoms with Crippen LogP contribution < -0.4 is 49.9 Å². The molecule has 4 rings (SSSR count). The number of aromatic nitrogens is 2. The normalized spacial score (nSPS) is 13.6. The van der Waals surface area contributed by atoms with Gasteiger partial charge >= 0.3 is 0 Å². The first kappa shape index (κ1) is 92.3. The number of rotatable bonds is 53. The van der Waals surface area contributed by atoms with Gasteiger partial charge in [-0.15, -0.1) is 0 Å². The zero-order valence-electron chi connectivity index (χ0n) is 65.7. The van der Waals surface area contributed by atoms with Gasteiger partial charge in [-0.1, -0.05) is 118 Å². The van der Waals surface area contributed by atoms with Gasteiger partial charge in [0.25, 0.3) is 0 Å². The largest absolute Gasteiger partial charge is 0.370 e. The van der Waals surface area contributed by atoms with Crippen molar-refractivity contribution in [2.24, 2.45) is 80.1 Å². The van der Waals surface area contributed by atoms with E-state index in [4.69, 9.17) is 28.7 Å². The number of nitrogens with zero attached hydrogens (tertiary/aromatic N) is 2. The summed E-state index contributed by atoms with van der Waals surface area (Å²) < 4.78 is 0. The molecule has 0 bridgehead atoms. The third-order valence-corrected chi connectivity index (χ3v) is 20.0. The van der Waals surface area contributed by atoms with E-state index in [9.17, 15) is 43.2 Å². The third kappa shape index (κ3) is 41.7. The van der Waals surface area contributed by atoms with E-state index < -0.39 is 0 Å². The van der Waals surface area contributed by atoms with Crippen LogP contribution in [0.5, 0.6) is 0 Å². The molecule has 2 heterocycles. The van der Waals surface area contributed by atoms with Gasteiger partial charge in [-0.25, -0.2) is 0 Å². The number of guanidine groups is 2. The zero-order valence-corrected chi connectivity index (χ0v) is 65.7. The van der Waals surface area contributed by atoms with E-state index in [2.05, 4.69) is 109 Å². The standard InChI is InChI=1S/C38H62N4O4.C34H55N9O4.C10H20O/c1-7-30(26(2)3)24-34(45)17-16-32(23-31-25-40-37-14-9-8-13-35(31)37)42-38(46)20-15-29(12-10-11-21-39)22-33(44)18-19-36(27(4)5)41-28(6)43;1-3-31(46)42-27(9-7-19-40-34(37)38)15-16-28(45)21-24(20-25-22-41-30-11-5-4-10-29(25)30)13-17-32(47)43-26(14-12-23(2)44)8-6-18-39-33(35)36;1-5-10(8(2)3)7-6-9(4)11/h8-9,13-14,25-27,29-30,32,36,40H,7,10-12,15-24,39H2,1-6H3,(H,41,43)(H,42,46);4-5,10-11,22,24,26-27,41H,3,6-9,12-21H2,1-2H3,(H,42,46)(H,43,47)(H4,35,36,39)(H4,37,38,40);8,10H,5-7H2,1-4H3/t29-,30-,32+,36+;24-,26+,27+;10-/m011/s1. The first-order valence-electron chi connectivity index (χ1n) is 39.1. The van der Waals surface area contributed by atoms with Crippen molar-refractivity contribution in [3.63, 3.8) is 0 Å². The number of ketones is 5. The average molecular weight is 1450 g/mol. The number of amides is 4. The minimum Gasteiger partial charge on any atom is -0.370 e. The van der Waals surface area contributed by atoms with Gasteiger partial charge in [-0.2, -0.15) is 0 Å². The maximum atomic E-state index is 13.4. The number of nitrogens with one attached hydrogen (secondary N) is 6. The van der Waals surface area contributed by atoms with Crippen LogP contribution in [0.4, 0.5) is 0 Å². The molecule has 0 aliphatic rings. The molecule has 4 amide bonds. The quantitative estimate of drug-likeness (QED) is 0.0111. The summed E-state index contributed by atoms with van der Waals surface area (Å²) in [4.78, 5) is 127. The monoisotopic (exact) mass is 1450 g/mol. The van der Waals surface area contributed by atoms with E-state index >= 15 is 0 Å². The number of carbonyl (C=O) groups excluding carboxylic acids is 9. The predicted octanol–water partition coefficient (Wildman–Crippen LogP) is 12.8. The molecule has 0 unspecified atom stereocenters. The fourth-order valence-electron chi connectivity index (χ4n) is 13.6. The number of aliphatic imine (C=N–C) groups is 2. The zero-order chi connectivity index (χ0) is 77.5. The number of unbranched alkanes of at least 4 members (excludes halogenated alkanes) is 1. The second-order valence-corrected chi connectivity index (χ2v) is 30.0. The number of carbonyl (C=O) groups is 9. The van der Waals surface area contributed by atoms with Crippen molar-refractivity contribution in [1.29, 1.82) is 0 Å². The second-order valence-electron chi connectivity index (χ2n) is 30.0. The van der Waals surface area contributed by atoms with E-state index in [1.54, 1.807) is 13.8 Å². The SMILES string of the molecule is CCC(=O)N[C@@H](CCCN=C(N)N)CCC(=O)C[C@H](CCC(=O)N[C@@H](CCCN=C(N)N)CCC(C)=O)Cc1c[nH]c2ccccc12.CC[C@@H](CC(=O)CC[C@H](Cc1c[nH]c2ccccc12)NC(=O)CC[C@H](CCCCN)CC(=O)CC[C@@H](NC(C)=O)C(C)C)C(C)C.CC[C@H](CCC(C)=O)C(C)C. The van der Waals surface area contributed by atoms with Gasteiger partial charge in [0, 0.05) is 149 Å². The number of Topliss-reactive ketones (excluding diaryl/α,β-unsaturated/α-hetero) is 5. The summed E-state index contributed by atoms with van der Waals surface area (Å²) in [5.41, 5.74) is 31.7. The summed E-state index contributed by atoms with van der Waals surface area (Å²) in [6.45, 7) is 25.3. The Hall–Kier alpha value is -7.75. The van der Waals surface area contributed by atoms with Crippen LogP contribution >= 0.6 is 0 Å². The van der Waals surface area contributed by atoms with Crippen LogP contribution in [-0.2, 0) is 56.0 Å². The number of hydrogen-bond acceptors (Lipinski definition) is 12. The molecule has 0 saturated carbocycles. The minimum atomic E-state index is -0.170. The van der Waals surface area contributed by atoms with E-state index in [1.807, 2.05) is 48.8 Å². The van der Waals surface area contributed by atoms with Crippen molar-refractivity contribution in [3.05, 3.63) is 72.1 Å². The molecule has 0 spiro atoms. The van der Waals surface area contributed by atoms with Crippen LogP contribution in [0.2, 0.25) is 0 Å². The van der Waals surface area contributed by atoms with Crippen molar-refractivity contribution in [3.8, 4) is 0 Å². The molecule has 0 aliphatic carbocycles. The van der Waals surface area contributed by atoms with E-state index in [-0.39, 0.29) is 107 Å². The summed E-state index contributed by atoms with van der Waals surface area (Å²) in [5, 5.41) is 14.6. The summed E-state index contributed by atoms with van der Waals surface area (Å²) in [5.74, 6) is 3.28. The lowest BCUT2D eigenvalue weighted by atomic mass is 9.87. The molecule has 0 radical (unpaired) electrons. The van der Waals surface area contributed by atoms with Gasteiger partial charge in [0.1, 0.15) is 28.9 Å². The Labute approximate surface area is 623 Å². The predicted molar refractivity (Wildman–Crippen MR) is 424 cm³/mol. The van der Waals surface area contributed by atoms with E-state index in [0.717, 1.165) is 83.3 Å². The molecule has 0 saturated heterocycles. The van der Waals surface area contributed by atoms with Gasteiger partial charge in [-0.05, 0) is 181 Å². The molecule has 0 fully saturated rings. The van der Waals surface area contributed by atoms with Crippen LogP contribution in [0.15, 0.2) is 70.9 Å². The Morgan fingerprint density at radius 2 is 0.875 bits per heavy atom. The van der Waals surface area contributed by atoms with Crippen LogP contribution in [0.25, 0.3) is 21.8 Å². The highest BCUT2D eigenvalue weighted by Crippen LogP contribution is 2.28. The minimum absolute atomic E-state index is 0.0224. The molecular formula is C82H137N13O9. The van der Waals surface area contributed by atoms with Crippen molar-refractivity contribution in [1.82, 2.24) is 31.2 Å². The lowest BCUT2D eigenvalue weighted by molar-refractivity contribution is -0.124. The first-order valence-corrected chi connectivity index (χ1v) is 39.1. The van der Waals surface area contributed by atoms with Gasteiger partial charge in [0.05, 0.1) is 0 Å². The molecule has 16 N–H and O–H groups in total. The number of nitrogens with two attached hydrogens (primary N) is 5. The first-order chi connectivity index (χ1) is 49.5. The number of hydrogen-bond donors (Lipinski definition) is 11. The number of fused-ring (bicyclic) bond motifs is 2. The molecular weight excluding hydrogens is 1310 g/mol. The molecule has 4 aromatic rings. The van der Waals surface area contributed by atoms with Gasteiger partial charge in [0.2, 0.25) is 23.6 Å². The topological polar surface area (TPSA) is 388 Å². The summed E-state index contributed by atoms with van der Waals surface area (Å²) in [6, 6.07) is 15.7. The third-order valence-electron chi connectivity index (χ3n) is 20.0. The van der Waals surface area contributed by atoms with Gasteiger partial charge in [0.15, 0.2) is 11.9 Å². The van der Waals surface area contributed by atoms with Crippen LogP contribution in [0.1, 0.15) is 268 Å². The number of para-hydroxylation sites is 2. The van der Waals surface area contributed by atoms with Crippen LogP contribution in [-0.4, -0.2) is 118 Å². The highest BCUT2D eigenvalue weighted by molar-refractivity contribution is 5.86. The van der Waals surface area contributed by atoms with Gasteiger partial charge in [-0.3, -0.25) is 43.5 Å². The fraction of sp³-hybridized carbons (Fsp3) is 0.671. The molecule has 22 heteroatoms. The van der Waals surface area contributed by atoms with E-state index in [0.29, 0.717) is 172 Å². The summed E-state index contributed by atoms with van der Waals surface area (Å²) in [7, 11) is 0. The average Bonchev–Trinajstić information content (AvgIpc) is 1.69. The van der Waals surface area contributed by atoms with Crippen LogP contribution in [0, 0.1) is 41.4 Å². The number of benzene rings is 2. The highest BCUT2D eigenvalue weighted by Gasteiger charge is 2.25. The Kier molecular flexibility index (Phi) is 47.1. The molecule has 8 atom stereocenters. The molecule has 0 aliphatic heterocycles. The summed E-state index contributed by atoms with van der Waals surface area (Å²) >= 11 is 0. The lowest BCUT2D eigenvalue weighted by Gasteiger charge is -2.23. The van der Waals surface area contributed by atoms with Crippen molar-refractivity contribution in [2.45, 2.75) is 293 Å². The fourth-order valence-corrected chi connectivity index (χ4v) is 13.6. The maximum absolute atomic E-state index is 13.4. The maximum Gasteiger partial charge on any atom is 0.220 e. The van der Waals surface area contributed by atoms with Gasteiger partial charge < -0.3 is 69.5 Å². The second kappa shape index (κ2) is 53.1.